The van der Waals surface area contributed by atoms with Gasteiger partial charge in [0, 0.05) is 0 Å². The quantitative estimate of drug-likeness (QED) is 0.774. The van der Waals surface area contributed by atoms with Crippen LogP contribution >= 0.6 is 0 Å². The largest absolute Gasteiger partial charge is 0.444 e. The molecule has 3 N–H and O–H groups in total. The van der Waals surface area contributed by atoms with Crippen LogP contribution in [0.5, 0.6) is 0 Å². The number of ether oxygens (including phenoxy) is 1. The van der Waals surface area contributed by atoms with Crippen molar-refractivity contribution in [1.82, 2.24) is 5.32 Å². The smallest absolute Gasteiger partial charge is 0.408 e. The van der Waals surface area contributed by atoms with Gasteiger partial charge in [-0.25, -0.2) is 4.79 Å². The van der Waals surface area contributed by atoms with Crippen LogP contribution in [0.25, 0.3) is 0 Å². The summed E-state index contributed by atoms with van der Waals surface area (Å²) in [7, 11) is 0. The number of aliphatic hydroxyl groups excluding tert-OH is 2. The maximum absolute atomic E-state index is 11.6. The molecule has 19 heavy (non-hydrogen) atoms. The van der Waals surface area contributed by atoms with Crippen LogP contribution in [-0.4, -0.2) is 34.6 Å². The maximum Gasteiger partial charge on any atom is 0.408 e. The van der Waals surface area contributed by atoms with E-state index in [-0.39, 0.29) is 6.61 Å². The van der Waals surface area contributed by atoms with Crippen LogP contribution in [0.4, 0.5) is 4.79 Å². The van der Waals surface area contributed by atoms with E-state index in [1.54, 1.807) is 45.0 Å². The molecular weight excluding hydrogens is 246 g/mol. The van der Waals surface area contributed by atoms with Crippen LogP contribution in [0.3, 0.4) is 0 Å². The Balaban J connectivity index is 2.66. The average molecular weight is 267 g/mol. The monoisotopic (exact) mass is 267 g/mol. The third-order valence-electron chi connectivity index (χ3n) is 2.42. The molecule has 1 aromatic rings. The number of nitrogens with one attached hydrogen (secondary N) is 1. The number of aliphatic hydroxyl groups is 2. The lowest BCUT2D eigenvalue weighted by Gasteiger charge is -2.25. The summed E-state index contributed by atoms with van der Waals surface area (Å²) < 4.78 is 5.08. The lowest BCUT2D eigenvalue weighted by atomic mass is 10.0. The van der Waals surface area contributed by atoms with Crippen molar-refractivity contribution in [3.8, 4) is 0 Å². The minimum absolute atomic E-state index is 0.380. The number of carbonyl (C=O) groups is 1. The first-order valence-corrected chi connectivity index (χ1v) is 6.17. The van der Waals surface area contributed by atoms with Crippen LogP contribution in [0.1, 0.15) is 32.4 Å². The van der Waals surface area contributed by atoms with Gasteiger partial charge in [0.1, 0.15) is 11.7 Å². The van der Waals surface area contributed by atoms with Crippen LogP contribution in [0.15, 0.2) is 30.3 Å². The summed E-state index contributed by atoms with van der Waals surface area (Å²) in [6.07, 6.45) is -1.65. The summed E-state index contributed by atoms with van der Waals surface area (Å²) in [5, 5.41) is 21.8. The fraction of sp³-hybridized carbons (Fsp3) is 0.500. The first kappa shape index (κ1) is 15.5. The van der Waals surface area contributed by atoms with Gasteiger partial charge in [0.25, 0.3) is 0 Å². The summed E-state index contributed by atoms with van der Waals surface area (Å²) in [4.78, 5) is 11.6. The standard InChI is InChI=1S/C14H21NO4/c1-14(2,3)19-13(18)15-11(9-16)12(17)10-7-5-4-6-8-10/h4-8,11-12,16-17H,9H2,1-3H3,(H,15,18). The van der Waals surface area contributed by atoms with Crippen LogP contribution in [0.2, 0.25) is 0 Å². The predicted octanol–water partition coefficient (Wildman–Crippen LogP) is 1.61. The predicted molar refractivity (Wildman–Crippen MR) is 71.6 cm³/mol. The average Bonchev–Trinajstić information content (AvgIpc) is 2.34. The van der Waals surface area contributed by atoms with Crippen molar-refractivity contribution in [3.63, 3.8) is 0 Å². The molecule has 0 saturated heterocycles. The second-order valence-corrected chi connectivity index (χ2v) is 5.29. The number of rotatable bonds is 4. The zero-order valence-electron chi connectivity index (χ0n) is 11.5. The first-order valence-electron chi connectivity index (χ1n) is 6.17. The van der Waals surface area contributed by atoms with E-state index in [1.165, 1.54) is 0 Å². The van der Waals surface area contributed by atoms with Crippen LogP contribution in [-0.2, 0) is 4.74 Å². The van der Waals surface area contributed by atoms with Crippen molar-refractivity contribution in [3.05, 3.63) is 35.9 Å². The molecule has 2 atom stereocenters. The van der Waals surface area contributed by atoms with Crippen molar-refractivity contribution in [1.29, 1.82) is 0 Å². The molecule has 0 aliphatic heterocycles. The molecule has 0 fully saturated rings. The molecule has 0 heterocycles. The van der Waals surface area contributed by atoms with Gasteiger partial charge in [0.2, 0.25) is 0 Å². The number of carbonyl (C=O) groups excluding carboxylic acids is 1. The minimum atomic E-state index is -0.987. The van der Waals surface area contributed by atoms with Crippen molar-refractivity contribution in [2.75, 3.05) is 6.61 Å². The highest BCUT2D eigenvalue weighted by atomic mass is 16.6. The van der Waals surface area contributed by atoms with Crippen LogP contribution < -0.4 is 5.32 Å². The lowest BCUT2D eigenvalue weighted by molar-refractivity contribution is 0.0350. The van der Waals surface area contributed by atoms with E-state index in [0.717, 1.165) is 0 Å². The molecule has 0 radical (unpaired) electrons. The summed E-state index contributed by atoms with van der Waals surface area (Å²) in [5.41, 5.74) is -0.000440. The Morgan fingerprint density at radius 1 is 1.32 bits per heavy atom. The van der Waals surface area contributed by atoms with Crippen molar-refractivity contribution >= 4 is 6.09 Å². The van der Waals surface area contributed by atoms with Gasteiger partial charge >= 0.3 is 6.09 Å². The van der Waals surface area contributed by atoms with E-state index in [4.69, 9.17) is 4.74 Å². The maximum atomic E-state index is 11.6. The number of alkyl carbamates (subject to hydrolysis) is 1. The lowest BCUT2D eigenvalue weighted by Crippen LogP contribution is -2.44. The van der Waals surface area contributed by atoms with E-state index in [2.05, 4.69) is 5.32 Å². The van der Waals surface area contributed by atoms with E-state index in [0.29, 0.717) is 5.56 Å². The van der Waals surface area contributed by atoms with Crippen molar-refractivity contribution in [2.45, 2.75) is 38.5 Å². The molecule has 5 nitrogen and oxygen atoms in total. The highest BCUT2D eigenvalue weighted by Crippen LogP contribution is 2.17. The van der Waals surface area contributed by atoms with Gasteiger partial charge in [-0.3, -0.25) is 0 Å². The number of benzene rings is 1. The molecule has 1 aromatic carbocycles. The van der Waals surface area contributed by atoms with Gasteiger partial charge in [-0.2, -0.15) is 0 Å². The molecule has 0 bridgehead atoms. The molecule has 106 valence electrons. The first-order chi connectivity index (χ1) is 8.83. The number of hydrogen-bond acceptors (Lipinski definition) is 4. The van der Waals surface area contributed by atoms with Gasteiger partial charge in [0.15, 0.2) is 0 Å². The fourth-order valence-electron chi connectivity index (χ4n) is 1.57. The molecule has 0 aliphatic rings. The molecule has 5 heteroatoms. The Labute approximate surface area is 113 Å². The normalized spacial score (nSPS) is 14.6. The molecule has 0 saturated carbocycles. The molecule has 2 unspecified atom stereocenters. The third kappa shape index (κ3) is 5.28. The minimum Gasteiger partial charge on any atom is -0.444 e. The fourth-order valence-corrected chi connectivity index (χ4v) is 1.57. The third-order valence-corrected chi connectivity index (χ3v) is 2.42. The SMILES string of the molecule is CC(C)(C)OC(=O)NC(CO)C(O)c1ccccc1. The van der Waals surface area contributed by atoms with Crippen molar-refractivity contribution in [2.24, 2.45) is 0 Å². The summed E-state index contributed by atoms with van der Waals surface area (Å²) in [6.45, 7) is 4.85. The van der Waals surface area contributed by atoms with Gasteiger partial charge in [-0.15, -0.1) is 0 Å². The zero-order valence-corrected chi connectivity index (χ0v) is 11.5. The Bertz CT molecular complexity index is 400. The van der Waals surface area contributed by atoms with E-state index in [9.17, 15) is 15.0 Å². The van der Waals surface area contributed by atoms with Crippen molar-refractivity contribution < 1.29 is 19.7 Å². The van der Waals surface area contributed by atoms with Crippen LogP contribution in [0, 0.1) is 0 Å². The van der Waals surface area contributed by atoms with Gasteiger partial charge in [0.05, 0.1) is 12.6 Å². The second kappa shape index (κ2) is 6.54. The summed E-state index contributed by atoms with van der Waals surface area (Å²) >= 11 is 0. The van der Waals surface area contributed by atoms with Gasteiger partial charge < -0.3 is 20.3 Å². The van der Waals surface area contributed by atoms with E-state index in [1.807, 2.05) is 6.07 Å². The Morgan fingerprint density at radius 2 is 1.89 bits per heavy atom. The van der Waals surface area contributed by atoms with E-state index < -0.39 is 23.8 Å². The zero-order chi connectivity index (χ0) is 14.5. The Morgan fingerprint density at radius 3 is 2.37 bits per heavy atom. The molecule has 1 rings (SSSR count). The summed E-state index contributed by atoms with van der Waals surface area (Å²) in [5.74, 6) is 0. The summed E-state index contributed by atoms with van der Waals surface area (Å²) in [6, 6.07) is 8.03. The molecule has 0 spiro atoms. The van der Waals surface area contributed by atoms with Gasteiger partial charge in [-0.1, -0.05) is 30.3 Å². The Hall–Kier alpha value is -1.59. The second-order valence-electron chi connectivity index (χ2n) is 5.29. The van der Waals surface area contributed by atoms with E-state index >= 15 is 0 Å². The highest BCUT2D eigenvalue weighted by Gasteiger charge is 2.24. The molecule has 0 aliphatic carbocycles. The number of hydrogen-bond donors (Lipinski definition) is 3. The topological polar surface area (TPSA) is 78.8 Å². The molecular formula is C14H21NO4. The number of amides is 1. The molecule has 0 aromatic heterocycles. The Kier molecular flexibility index (Phi) is 5.32. The van der Waals surface area contributed by atoms with Gasteiger partial charge in [-0.05, 0) is 26.3 Å². The highest BCUT2D eigenvalue weighted by molar-refractivity contribution is 5.68. The molecule has 1 amide bonds.